The molecule has 0 spiro atoms. The highest BCUT2D eigenvalue weighted by molar-refractivity contribution is 6.07. The molecule has 128 valence electrons. The van der Waals surface area contributed by atoms with Gasteiger partial charge in [0.25, 0.3) is 5.91 Å². The molecule has 0 unspecified atom stereocenters. The maximum absolute atomic E-state index is 13.4. The summed E-state index contributed by atoms with van der Waals surface area (Å²) in [4.78, 5) is 20.0. The number of hydrogen-bond donors (Lipinski definition) is 0. The number of hydrogen-bond acceptors (Lipinski definition) is 3. The van der Waals surface area contributed by atoms with Gasteiger partial charge in [0, 0.05) is 18.4 Å². The number of rotatable bonds is 3. The molecule has 2 aromatic heterocycles. The minimum atomic E-state index is 0.00440. The highest BCUT2D eigenvalue weighted by atomic mass is 16.5. The number of nitrogens with zero attached hydrogens (tertiary/aromatic N) is 3. The van der Waals surface area contributed by atoms with E-state index in [-0.39, 0.29) is 5.91 Å². The van der Waals surface area contributed by atoms with Crippen molar-refractivity contribution in [2.45, 2.75) is 26.2 Å². The summed E-state index contributed by atoms with van der Waals surface area (Å²) >= 11 is 0. The lowest BCUT2D eigenvalue weighted by Gasteiger charge is -2.29. The van der Waals surface area contributed by atoms with E-state index in [4.69, 9.17) is 4.74 Å². The van der Waals surface area contributed by atoms with Crippen molar-refractivity contribution in [3.63, 3.8) is 0 Å². The Balaban J connectivity index is 1.86. The average molecular weight is 335 g/mol. The molecule has 0 saturated carbocycles. The first-order valence-electron chi connectivity index (χ1n) is 8.68. The zero-order valence-corrected chi connectivity index (χ0v) is 14.5. The number of methoxy groups -OCH3 is 1. The topological polar surface area (TPSA) is 46.8 Å². The Morgan fingerprint density at radius 1 is 1.24 bits per heavy atom. The monoisotopic (exact) mass is 335 g/mol. The molecule has 5 heteroatoms. The van der Waals surface area contributed by atoms with Crippen LogP contribution in [0.1, 0.15) is 35.1 Å². The number of aromatic nitrogens is 2. The molecule has 1 amide bonds. The van der Waals surface area contributed by atoms with Crippen LogP contribution in [0.3, 0.4) is 0 Å². The second kappa shape index (κ2) is 6.24. The van der Waals surface area contributed by atoms with Gasteiger partial charge in [-0.2, -0.15) is 0 Å². The van der Waals surface area contributed by atoms with Crippen molar-refractivity contribution >= 4 is 17.2 Å². The number of carbonyl (C=O) groups is 1. The number of imidazole rings is 1. The molecule has 3 aromatic rings. The Labute approximate surface area is 146 Å². The van der Waals surface area contributed by atoms with Crippen LogP contribution in [0.15, 0.2) is 42.6 Å². The zero-order chi connectivity index (χ0) is 17.4. The number of carbonyl (C=O) groups excluding carboxylic acids is 1. The molecule has 0 radical (unpaired) electrons. The Hall–Kier alpha value is -2.82. The molecule has 1 aromatic carbocycles. The fraction of sp³-hybridized carbons (Fsp3) is 0.300. The number of para-hydroxylation sites is 1. The van der Waals surface area contributed by atoms with Gasteiger partial charge in [-0.25, -0.2) is 4.98 Å². The standard InChI is InChI=1S/C20H21N3O2/c1-3-15-18(23-13-7-11-17(25-2)19(23)21-15)20(24)22-12-6-9-14-8-4-5-10-16(14)22/h4-5,7-8,10-11,13H,3,6,9,12H2,1-2H3. The van der Waals surface area contributed by atoms with E-state index >= 15 is 0 Å². The van der Waals surface area contributed by atoms with E-state index in [0.717, 1.165) is 30.8 Å². The number of aryl methyl sites for hydroxylation is 2. The van der Waals surface area contributed by atoms with Gasteiger partial charge >= 0.3 is 0 Å². The highest BCUT2D eigenvalue weighted by Gasteiger charge is 2.28. The van der Waals surface area contributed by atoms with E-state index in [1.807, 2.05) is 52.8 Å². The van der Waals surface area contributed by atoms with Crippen LogP contribution in [0.4, 0.5) is 5.69 Å². The minimum absolute atomic E-state index is 0.00440. The van der Waals surface area contributed by atoms with Gasteiger partial charge in [0.1, 0.15) is 5.69 Å². The molecule has 0 saturated heterocycles. The number of anilines is 1. The maximum atomic E-state index is 13.4. The maximum Gasteiger partial charge on any atom is 0.277 e. The first-order valence-corrected chi connectivity index (χ1v) is 8.68. The second-order valence-corrected chi connectivity index (χ2v) is 6.22. The van der Waals surface area contributed by atoms with Crippen LogP contribution in [0, 0.1) is 0 Å². The number of amides is 1. The van der Waals surface area contributed by atoms with Gasteiger partial charge in [-0.15, -0.1) is 0 Å². The molecule has 5 nitrogen and oxygen atoms in total. The van der Waals surface area contributed by atoms with Gasteiger partial charge in [0.2, 0.25) is 0 Å². The van der Waals surface area contributed by atoms with Crippen molar-refractivity contribution in [3.8, 4) is 5.75 Å². The number of fused-ring (bicyclic) bond motifs is 2. The number of pyridine rings is 1. The molecule has 1 aliphatic heterocycles. The minimum Gasteiger partial charge on any atom is -0.493 e. The van der Waals surface area contributed by atoms with Crippen LogP contribution in [-0.2, 0) is 12.8 Å². The average Bonchev–Trinajstić information content (AvgIpc) is 3.05. The van der Waals surface area contributed by atoms with E-state index in [9.17, 15) is 4.79 Å². The van der Waals surface area contributed by atoms with Crippen molar-refractivity contribution in [1.29, 1.82) is 0 Å². The van der Waals surface area contributed by atoms with Crippen LogP contribution >= 0.6 is 0 Å². The summed E-state index contributed by atoms with van der Waals surface area (Å²) in [6, 6.07) is 11.9. The third-order valence-corrected chi connectivity index (χ3v) is 4.80. The first-order chi connectivity index (χ1) is 12.2. The van der Waals surface area contributed by atoms with Crippen molar-refractivity contribution in [1.82, 2.24) is 9.38 Å². The Bertz CT molecular complexity index is 945. The van der Waals surface area contributed by atoms with Crippen molar-refractivity contribution in [3.05, 3.63) is 59.5 Å². The summed E-state index contributed by atoms with van der Waals surface area (Å²) in [6.45, 7) is 2.76. The zero-order valence-electron chi connectivity index (χ0n) is 14.5. The fourth-order valence-electron chi connectivity index (χ4n) is 3.59. The molecular formula is C20H21N3O2. The predicted molar refractivity (Wildman–Crippen MR) is 97.6 cm³/mol. The summed E-state index contributed by atoms with van der Waals surface area (Å²) in [5.41, 5.74) is 4.37. The smallest absolute Gasteiger partial charge is 0.277 e. The van der Waals surface area contributed by atoms with Crippen LogP contribution in [0.2, 0.25) is 0 Å². The lowest BCUT2D eigenvalue weighted by molar-refractivity contribution is 0.0978. The lowest BCUT2D eigenvalue weighted by Crippen LogP contribution is -2.36. The van der Waals surface area contributed by atoms with Crippen molar-refractivity contribution in [2.24, 2.45) is 0 Å². The Morgan fingerprint density at radius 3 is 2.88 bits per heavy atom. The van der Waals surface area contributed by atoms with Gasteiger partial charge in [-0.1, -0.05) is 25.1 Å². The number of ether oxygens (including phenoxy) is 1. The van der Waals surface area contributed by atoms with E-state index in [0.29, 0.717) is 23.5 Å². The van der Waals surface area contributed by atoms with Crippen LogP contribution < -0.4 is 9.64 Å². The molecule has 0 atom stereocenters. The summed E-state index contributed by atoms with van der Waals surface area (Å²) < 4.78 is 7.27. The van der Waals surface area contributed by atoms with E-state index in [1.54, 1.807) is 7.11 Å². The summed E-state index contributed by atoms with van der Waals surface area (Å²) in [6.07, 6.45) is 4.57. The largest absolute Gasteiger partial charge is 0.493 e. The van der Waals surface area contributed by atoms with Gasteiger partial charge < -0.3 is 9.64 Å². The summed E-state index contributed by atoms with van der Waals surface area (Å²) in [7, 11) is 1.62. The van der Waals surface area contributed by atoms with Crippen molar-refractivity contribution in [2.75, 3.05) is 18.6 Å². The molecule has 4 rings (SSSR count). The van der Waals surface area contributed by atoms with Crippen LogP contribution in [0.25, 0.3) is 5.65 Å². The number of benzene rings is 1. The van der Waals surface area contributed by atoms with Gasteiger partial charge in [0.15, 0.2) is 11.4 Å². The molecule has 1 aliphatic rings. The van der Waals surface area contributed by atoms with E-state index in [1.165, 1.54) is 5.56 Å². The van der Waals surface area contributed by atoms with Crippen LogP contribution in [-0.4, -0.2) is 28.9 Å². The summed E-state index contributed by atoms with van der Waals surface area (Å²) in [5, 5.41) is 0. The van der Waals surface area contributed by atoms with Crippen LogP contribution in [0.5, 0.6) is 5.75 Å². The lowest BCUT2D eigenvalue weighted by atomic mass is 10.0. The SMILES string of the molecule is CCc1nc2c(OC)cccn2c1C(=O)N1CCCc2ccccc21. The third kappa shape index (κ3) is 2.47. The Morgan fingerprint density at radius 2 is 2.08 bits per heavy atom. The molecule has 0 bridgehead atoms. The van der Waals surface area contributed by atoms with Gasteiger partial charge in [-0.05, 0) is 43.0 Å². The fourth-order valence-corrected chi connectivity index (χ4v) is 3.59. The van der Waals surface area contributed by atoms with Crippen molar-refractivity contribution < 1.29 is 9.53 Å². The first kappa shape index (κ1) is 15.7. The predicted octanol–water partition coefficient (Wildman–Crippen LogP) is 3.50. The summed E-state index contributed by atoms with van der Waals surface area (Å²) in [5.74, 6) is 0.681. The molecule has 0 fully saturated rings. The normalized spacial score (nSPS) is 13.8. The molecule has 25 heavy (non-hydrogen) atoms. The molecule has 3 heterocycles. The highest BCUT2D eigenvalue weighted by Crippen LogP contribution is 2.30. The van der Waals surface area contributed by atoms with Gasteiger partial charge in [-0.3, -0.25) is 9.20 Å². The van der Waals surface area contributed by atoms with E-state index < -0.39 is 0 Å². The molecule has 0 aliphatic carbocycles. The second-order valence-electron chi connectivity index (χ2n) is 6.22. The molecule has 0 N–H and O–H groups in total. The third-order valence-electron chi connectivity index (χ3n) is 4.80. The quantitative estimate of drug-likeness (QED) is 0.736. The Kier molecular flexibility index (Phi) is 3.92. The van der Waals surface area contributed by atoms with Gasteiger partial charge in [0.05, 0.1) is 12.8 Å². The molecular weight excluding hydrogens is 314 g/mol. The van der Waals surface area contributed by atoms with E-state index in [2.05, 4.69) is 11.1 Å².